The van der Waals surface area contributed by atoms with E-state index in [9.17, 15) is 5.11 Å². The van der Waals surface area contributed by atoms with Gasteiger partial charge in [-0.2, -0.15) is 0 Å². The summed E-state index contributed by atoms with van der Waals surface area (Å²) in [4.78, 5) is 4.47. The van der Waals surface area contributed by atoms with E-state index < -0.39 is 0 Å². The first kappa shape index (κ1) is 10.1. The van der Waals surface area contributed by atoms with E-state index in [4.69, 9.17) is 0 Å². The molecule has 1 heterocycles. The summed E-state index contributed by atoms with van der Waals surface area (Å²) in [6, 6.07) is 10.1. The highest BCUT2D eigenvalue weighted by Gasteiger charge is 2.09. The molecule has 1 aromatic carbocycles. The largest absolute Gasteiger partial charge is 0.396 e. The number of para-hydroxylation sites is 1. The smallest absolute Gasteiger partial charge is 0.0708 e. The van der Waals surface area contributed by atoms with E-state index in [1.807, 2.05) is 32.0 Å². The van der Waals surface area contributed by atoms with Gasteiger partial charge in [-0.3, -0.25) is 4.98 Å². The molecule has 1 atom stereocenters. The Morgan fingerprint density at radius 2 is 2.07 bits per heavy atom. The Morgan fingerprint density at radius 1 is 1.33 bits per heavy atom. The SMILES string of the molecule is Cc1cc(C(C)CO)c2ccccc2n1. The molecule has 0 saturated carbocycles. The summed E-state index contributed by atoms with van der Waals surface area (Å²) in [5, 5.41) is 10.4. The molecule has 0 saturated heterocycles. The number of aryl methyl sites for hydroxylation is 1. The lowest BCUT2D eigenvalue weighted by atomic mass is 9.97. The number of benzene rings is 1. The van der Waals surface area contributed by atoms with Gasteiger partial charge in [0.2, 0.25) is 0 Å². The quantitative estimate of drug-likeness (QED) is 0.810. The summed E-state index contributed by atoms with van der Waals surface area (Å²) in [5.41, 5.74) is 3.19. The van der Waals surface area contributed by atoms with Gasteiger partial charge in [-0.1, -0.05) is 25.1 Å². The lowest BCUT2D eigenvalue weighted by molar-refractivity contribution is 0.273. The van der Waals surface area contributed by atoms with Crippen molar-refractivity contribution in [2.24, 2.45) is 0 Å². The highest BCUT2D eigenvalue weighted by Crippen LogP contribution is 2.24. The van der Waals surface area contributed by atoms with Crippen LogP contribution in [0.3, 0.4) is 0 Å². The Hall–Kier alpha value is -1.41. The predicted octanol–water partition coefficient (Wildman–Crippen LogP) is 2.64. The standard InChI is InChI=1S/C13H15NO/c1-9(8-15)12-7-10(2)14-13-6-4-3-5-11(12)13/h3-7,9,15H,8H2,1-2H3. The first-order valence-electron chi connectivity index (χ1n) is 5.19. The van der Waals surface area contributed by atoms with Gasteiger partial charge < -0.3 is 5.11 Å². The third-order valence-electron chi connectivity index (χ3n) is 2.68. The van der Waals surface area contributed by atoms with Crippen LogP contribution < -0.4 is 0 Å². The Morgan fingerprint density at radius 3 is 2.80 bits per heavy atom. The third kappa shape index (κ3) is 1.85. The molecular formula is C13H15NO. The summed E-state index contributed by atoms with van der Waals surface area (Å²) in [5.74, 6) is 0.164. The van der Waals surface area contributed by atoms with Crippen LogP contribution in [0.1, 0.15) is 24.1 Å². The molecule has 2 aromatic rings. The van der Waals surface area contributed by atoms with Crippen molar-refractivity contribution in [1.82, 2.24) is 4.98 Å². The summed E-state index contributed by atoms with van der Waals surface area (Å²) >= 11 is 0. The van der Waals surface area contributed by atoms with E-state index in [1.165, 1.54) is 5.56 Å². The zero-order chi connectivity index (χ0) is 10.8. The summed E-state index contributed by atoms with van der Waals surface area (Å²) in [7, 11) is 0. The molecule has 0 aliphatic heterocycles. The van der Waals surface area contributed by atoms with Gasteiger partial charge in [0, 0.05) is 23.6 Å². The van der Waals surface area contributed by atoms with E-state index >= 15 is 0 Å². The number of aliphatic hydroxyl groups is 1. The number of hydrogen-bond acceptors (Lipinski definition) is 2. The minimum absolute atomic E-state index is 0.164. The molecule has 0 aliphatic rings. The maximum absolute atomic E-state index is 9.22. The average molecular weight is 201 g/mol. The maximum Gasteiger partial charge on any atom is 0.0708 e. The second-order valence-corrected chi connectivity index (χ2v) is 3.95. The number of aliphatic hydroxyl groups excluding tert-OH is 1. The van der Waals surface area contributed by atoms with Crippen molar-refractivity contribution in [3.63, 3.8) is 0 Å². The lowest BCUT2D eigenvalue weighted by Gasteiger charge is -2.12. The molecule has 1 N–H and O–H groups in total. The molecule has 0 amide bonds. The molecule has 78 valence electrons. The van der Waals surface area contributed by atoms with E-state index in [1.54, 1.807) is 0 Å². The number of rotatable bonds is 2. The van der Waals surface area contributed by atoms with Crippen molar-refractivity contribution < 1.29 is 5.11 Å². The third-order valence-corrected chi connectivity index (χ3v) is 2.68. The summed E-state index contributed by atoms with van der Waals surface area (Å²) < 4.78 is 0. The van der Waals surface area contributed by atoms with E-state index in [2.05, 4.69) is 17.1 Å². The zero-order valence-electron chi connectivity index (χ0n) is 9.07. The lowest BCUT2D eigenvalue weighted by Crippen LogP contribution is -2.01. The van der Waals surface area contributed by atoms with Gasteiger partial charge in [-0.05, 0) is 24.6 Å². The van der Waals surface area contributed by atoms with Gasteiger partial charge >= 0.3 is 0 Å². The van der Waals surface area contributed by atoms with Crippen LogP contribution in [0.25, 0.3) is 10.9 Å². The fourth-order valence-electron chi connectivity index (χ4n) is 1.85. The molecule has 15 heavy (non-hydrogen) atoms. The van der Waals surface area contributed by atoms with Crippen molar-refractivity contribution >= 4 is 10.9 Å². The van der Waals surface area contributed by atoms with E-state index in [0.717, 1.165) is 16.6 Å². The van der Waals surface area contributed by atoms with Gasteiger partial charge in [0.25, 0.3) is 0 Å². The van der Waals surface area contributed by atoms with E-state index in [-0.39, 0.29) is 12.5 Å². The monoisotopic (exact) mass is 201 g/mol. The molecule has 0 aliphatic carbocycles. The van der Waals surface area contributed by atoms with Crippen molar-refractivity contribution in [3.05, 3.63) is 41.6 Å². The number of fused-ring (bicyclic) bond motifs is 1. The Kier molecular flexibility index (Phi) is 2.69. The van der Waals surface area contributed by atoms with Gasteiger partial charge in [-0.15, -0.1) is 0 Å². The maximum atomic E-state index is 9.22. The first-order chi connectivity index (χ1) is 7.22. The van der Waals surface area contributed by atoms with Crippen LogP contribution in [0.5, 0.6) is 0 Å². The number of nitrogens with zero attached hydrogens (tertiary/aromatic N) is 1. The molecule has 2 nitrogen and oxygen atoms in total. The molecule has 0 bridgehead atoms. The zero-order valence-corrected chi connectivity index (χ0v) is 9.07. The molecule has 0 spiro atoms. The van der Waals surface area contributed by atoms with Crippen LogP contribution >= 0.6 is 0 Å². The molecule has 2 heteroatoms. The minimum atomic E-state index is 0.164. The Bertz CT molecular complexity index is 479. The van der Waals surface area contributed by atoms with Crippen LogP contribution in [-0.2, 0) is 0 Å². The average Bonchev–Trinajstić information content (AvgIpc) is 2.26. The molecule has 0 radical (unpaired) electrons. The topological polar surface area (TPSA) is 33.1 Å². The highest BCUT2D eigenvalue weighted by molar-refractivity contribution is 5.82. The summed E-state index contributed by atoms with van der Waals surface area (Å²) in [6.45, 7) is 4.19. The highest BCUT2D eigenvalue weighted by atomic mass is 16.3. The Balaban J connectivity index is 2.71. The molecule has 0 fully saturated rings. The van der Waals surface area contributed by atoms with Crippen LogP contribution in [-0.4, -0.2) is 16.7 Å². The Labute approximate surface area is 89.6 Å². The van der Waals surface area contributed by atoms with Gasteiger partial charge in [0.15, 0.2) is 0 Å². The molecular weight excluding hydrogens is 186 g/mol. The van der Waals surface area contributed by atoms with Gasteiger partial charge in [0.05, 0.1) is 5.52 Å². The van der Waals surface area contributed by atoms with Crippen LogP contribution in [0.2, 0.25) is 0 Å². The minimum Gasteiger partial charge on any atom is -0.396 e. The predicted molar refractivity (Wildman–Crippen MR) is 62.0 cm³/mol. The fourth-order valence-corrected chi connectivity index (χ4v) is 1.85. The number of hydrogen-bond donors (Lipinski definition) is 1. The first-order valence-corrected chi connectivity index (χ1v) is 5.19. The molecule has 1 aromatic heterocycles. The normalized spacial score (nSPS) is 13.0. The van der Waals surface area contributed by atoms with Gasteiger partial charge in [0.1, 0.15) is 0 Å². The molecule has 1 unspecified atom stereocenters. The van der Waals surface area contributed by atoms with E-state index in [0.29, 0.717) is 0 Å². The second kappa shape index (κ2) is 3.99. The second-order valence-electron chi connectivity index (χ2n) is 3.95. The van der Waals surface area contributed by atoms with Crippen LogP contribution in [0, 0.1) is 6.92 Å². The van der Waals surface area contributed by atoms with Crippen molar-refractivity contribution in [3.8, 4) is 0 Å². The number of aromatic nitrogens is 1. The van der Waals surface area contributed by atoms with Crippen molar-refractivity contribution in [1.29, 1.82) is 0 Å². The fraction of sp³-hybridized carbons (Fsp3) is 0.308. The van der Waals surface area contributed by atoms with Gasteiger partial charge in [-0.25, -0.2) is 0 Å². The van der Waals surface area contributed by atoms with Crippen molar-refractivity contribution in [2.75, 3.05) is 6.61 Å². The number of pyridine rings is 1. The summed E-state index contributed by atoms with van der Waals surface area (Å²) in [6.07, 6.45) is 0. The molecule has 2 rings (SSSR count). The van der Waals surface area contributed by atoms with Crippen LogP contribution in [0.4, 0.5) is 0 Å². The van der Waals surface area contributed by atoms with Crippen molar-refractivity contribution in [2.45, 2.75) is 19.8 Å². The van der Waals surface area contributed by atoms with Crippen LogP contribution in [0.15, 0.2) is 30.3 Å².